The zero-order valence-corrected chi connectivity index (χ0v) is 14.0. The SMILES string of the molecule is CN1CCCC(N2CCN(CC(O)c3ccccc3F)CC2)C1. The third-order valence-electron chi connectivity index (χ3n) is 5.22. The van der Waals surface area contributed by atoms with Crippen LogP contribution in [-0.2, 0) is 0 Å². The number of benzene rings is 1. The van der Waals surface area contributed by atoms with Gasteiger partial charge in [0, 0.05) is 50.9 Å². The third-order valence-corrected chi connectivity index (χ3v) is 5.22. The van der Waals surface area contributed by atoms with Crippen LogP contribution in [0.3, 0.4) is 0 Å². The van der Waals surface area contributed by atoms with Crippen molar-refractivity contribution in [2.75, 3.05) is 52.9 Å². The fourth-order valence-electron chi connectivity index (χ4n) is 3.84. The van der Waals surface area contributed by atoms with Crippen molar-refractivity contribution in [1.29, 1.82) is 0 Å². The van der Waals surface area contributed by atoms with Gasteiger partial charge in [-0.2, -0.15) is 0 Å². The molecule has 2 heterocycles. The van der Waals surface area contributed by atoms with E-state index in [0.29, 0.717) is 18.2 Å². The molecule has 128 valence electrons. The van der Waals surface area contributed by atoms with Gasteiger partial charge in [0.1, 0.15) is 5.82 Å². The number of rotatable bonds is 4. The maximum Gasteiger partial charge on any atom is 0.129 e. The van der Waals surface area contributed by atoms with Crippen LogP contribution >= 0.6 is 0 Å². The standard InChI is InChI=1S/C18H28FN3O/c1-20-8-4-5-15(13-20)22-11-9-21(10-12-22)14-18(23)16-6-2-3-7-17(16)19/h2-3,6-7,15,18,23H,4-5,8-14H2,1H3. The Hall–Kier alpha value is -1.01. The summed E-state index contributed by atoms with van der Waals surface area (Å²) in [6, 6.07) is 7.20. The largest absolute Gasteiger partial charge is 0.387 e. The molecule has 23 heavy (non-hydrogen) atoms. The Labute approximate surface area is 138 Å². The van der Waals surface area contributed by atoms with Crippen LogP contribution in [0.15, 0.2) is 24.3 Å². The van der Waals surface area contributed by atoms with E-state index in [1.54, 1.807) is 18.2 Å². The summed E-state index contributed by atoms with van der Waals surface area (Å²) in [4.78, 5) is 7.25. The first-order valence-corrected chi connectivity index (χ1v) is 8.71. The van der Waals surface area contributed by atoms with Crippen molar-refractivity contribution in [3.05, 3.63) is 35.6 Å². The maximum atomic E-state index is 13.7. The van der Waals surface area contributed by atoms with E-state index in [-0.39, 0.29) is 5.82 Å². The van der Waals surface area contributed by atoms with Crippen LogP contribution in [0.1, 0.15) is 24.5 Å². The molecule has 2 atom stereocenters. The molecule has 2 fully saturated rings. The van der Waals surface area contributed by atoms with Gasteiger partial charge >= 0.3 is 0 Å². The molecule has 4 nitrogen and oxygen atoms in total. The molecule has 0 bridgehead atoms. The lowest BCUT2D eigenvalue weighted by Crippen LogP contribution is -2.54. The molecule has 0 radical (unpaired) electrons. The van der Waals surface area contributed by atoms with Crippen LogP contribution in [0.2, 0.25) is 0 Å². The predicted octanol–water partition coefficient (Wildman–Crippen LogP) is 1.57. The molecule has 0 spiro atoms. The molecule has 2 saturated heterocycles. The normalized spacial score (nSPS) is 26.3. The second-order valence-electron chi connectivity index (χ2n) is 6.93. The van der Waals surface area contributed by atoms with E-state index in [9.17, 15) is 9.50 Å². The maximum absolute atomic E-state index is 13.7. The zero-order chi connectivity index (χ0) is 16.2. The van der Waals surface area contributed by atoms with Gasteiger partial charge in [-0.25, -0.2) is 4.39 Å². The quantitative estimate of drug-likeness (QED) is 0.912. The minimum atomic E-state index is -0.747. The molecule has 1 aromatic rings. The average Bonchev–Trinajstić information content (AvgIpc) is 2.56. The van der Waals surface area contributed by atoms with E-state index >= 15 is 0 Å². The number of nitrogens with zero attached hydrogens (tertiary/aromatic N) is 3. The summed E-state index contributed by atoms with van der Waals surface area (Å²) in [6.45, 7) is 6.88. The average molecular weight is 321 g/mol. The highest BCUT2D eigenvalue weighted by Crippen LogP contribution is 2.20. The number of piperidine rings is 1. The van der Waals surface area contributed by atoms with Gasteiger partial charge in [-0.3, -0.25) is 9.80 Å². The van der Waals surface area contributed by atoms with Crippen LogP contribution in [0.4, 0.5) is 4.39 Å². The molecule has 0 amide bonds. The van der Waals surface area contributed by atoms with Gasteiger partial charge in [-0.15, -0.1) is 0 Å². The molecule has 2 unspecified atom stereocenters. The van der Waals surface area contributed by atoms with Crippen molar-refractivity contribution in [3.63, 3.8) is 0 Å². The van der Waals surface area contributed by atoms with Gasteiger partial charge in [0.25, 0.3) is 0 Å². The first-order valence-electron chi connectivity index (χ1n) is 8.71. The molecule has 2 aliphatic rings. The summed E-state index contributed by atoms with van der Waals surface area (Å²) in [6.07, 6.45) is 1.83. The van der Waals surface area contributed by atoms with E-state index in [1.807, 2.05) is 0 Å². The fraction of sp³-hybridized carbons (Fsp3) is 0.667. The van der Waals surface area contributed by atoms with Gasteiger partial charge in [0.2, 0.25) is 0 Å². The topological polar surface area (TPSA) is 30.0 Å². The highest BCUT2D eigenvalue weighted by Gasteiger charge is 2.27. The van der Waals surface area contributed by atoms with Gasteiger partial charge in [0.15, 0.2) is 0 Å². The second kappa shape index (κ2) is 7.71. The molecule has 0 saturated carbocycles. The summed E-state index contributed by atoms with van der Waals surface area (Å²) in [5.41, 5.74) is 0.406. The molecular formula is C18H28FN3O. The molecule has 3 rings (SSSR count). The fourth-order valence-corrected chi connectivity index (χ4v) is 3.84. The zero-order valence-electron chi connectivity index (χ0n) is 14.0. The van der Waals surface area contributed by atoms with Crippen LogP contribution < -0.4 is 0 Å². The molecule has 0 aromatic heterocycles. The number of aliphatic hydroxyl groups is 1. The summed E-state index contributed by atoms with van der Waals surface area (Å²) < 4.78 is 13.7. The van der Waals surface area contributed by atoms with E-state index in [0.717, 1.165) is 32.7 Å². The predicted molar refractivity (Wildman–Crippen MR) is 89.9 cm³/mol. The van der Waals surface area contributed by atoms with Crippen LogP contribution in [-0.4, -0.2) is 78.7 Å². The number of likely N-dealkylation sites (tertiary alicyclic amines) is 1. The lowest BCUT2D eigenvalue weighted by molar-refractivity contribution is 0.0363. The Kier molecular flexibility index (Phi) is 5.64. The van der Waals surface area contributed by atoms with Crippen molar-refractivity contribution in [3.8, 4) is 0 Å². The van der Waals surface area contributed by atoms with Crippen molar-refractivity contribution >= 4 is 0 Å². The number of aliphatic hydroxyl groups excluding tert-OH is 1. The number of halogens is 1. The minimum absolute atomic E-state index is 0.316. The van der Waals surface area contributed by atoms with Gasteiger partial charge in [-0.05, 0) is 32.5 Å². The van der Waals surface area contributed by atoms with Crippen molar-refractivity contribution in [2.24, 2.45) is 0 Å². The van der Waals surface area contributed by atoms with Crippen LogP contribution in [0.25, 0.3) is 0 Å². The minimum Gasteiger partial charge on any atom is -0.387 e. The number of hydrogen-bond donors (Lipinski definition) is 1. The highest BCUT2D eigenvalue weighted by atomic mass is 19.1. The number of piperazine rings is 1. The summed E-state index contributed by atoms with van der Waals surface area (Å²) >= 11 is 0. The molecule has 1 N–H and O–H groups in total. The lowest BCUT2D eigenvalue weighted by Gasteiger charge is -2.43. The Balaban J connectivity index is 1.48. The van der Waals surface area contributed by atoms with E-state index in [1.165, 1.54) is 25.5 Å². The number of likely N-dealkylation sites (N-methyl/N-ethyl adjacent to an activating group) is 1. The first-order chi connectivity index (χ1) is 11.1. The van der Waals surface area contributed by atoms with E-state index < -0.39 is 6.10 Å². The van der Waals surface area contributed by atoms with Crippen molar-refractivity contribution in [2.45, 2.75) is 25.0 Å². The van der Waals surface area contributed by atoms with E-state index in [4.69, 9.17) is 0 Å². The smallest absolute Gasteiger partial charge is 0.129 e. The van der Waals surface area contributed by atoms with Gasteiger partial charge in [-0.1, -0.05) is 18.2 Å². The second-order valence-corrected chi connectivity index (χ2v) is 6.93. The molecular weight excluding hydrogens is 293 g/mol. The molecule has 2 aliphatic heterocycles. The summed E-state index contributed by atoms with van der Waals surface area (Å²) in [5.74, 6) is -0.316. The van der Waals surface area contributed by atoms with E-state index in [2.05, 4.69) is 21.7 Å². The van der Waals surface area contributed by atoms with Gasteiger partial charge < -0.3 is 10.0 Å². The van der Waals surface area contributed by atoms with Gasteiger partial charge in [0.05, 0.1) is 6.10 Å². The molecule has 0 aliphatic carbocycles. The van der Waals surface area contributed by atoms with Crippen molar-refractivity contribution in [1.82, 2.24) is 14.7 Å². The Morgan fingerprint density at radius 1 is 1.17 bits per heavy atom. The third kappa shape index (κ3) is 4.29. The number of β-amino-alcohol motifs (C(OH)–C–C–N with tert-alkyl or cyclic N) is 1. The first kappa shape index (κ1) is 16.8. The summed E-state index contributed by atoms with van der Waals surface area (Å²) in [5, 5.41) is 10.3. The van der Waals surface area contributed by atoms with Crippen LogP contribution in [0.5, 0.6) is 0 Å². The molecule has 5 heteroatoms. The number of hydrogen-bond acceptors (Lipinski definition) is 4. The summed E-state index contributed by atoms with van der Waals surface area (Å²) in [7, 11) is 2.20. The lowest BCUT2D eigenvalue weighted by atomic mass is 10.0. The Morgan fingerprint density at radius 2 is 1.91 bits per heavy atom. The van der Waals surface area contributed by atoms with Crippen LogP contribution in [0, 0.1) is 5.82 Å². The monoisotopic (exact) mass is 321 g/mol. The Morgan fingerprint density at radius 3 is 2.61 bits per heavy atom. The molecule has 1 aromatic carbocycles. The highest BCUT2D eigenvalue weighted by molar-refractivity contribution is 5.20. The Bertz CT molecular complexity index is 505. The van der Waals surface area contributed by atoms with Crippen molar-refractivity contribution < 1.29 is 9.50 Å².